The minimum Gasteiger partial charge on any atom is -0.382 e. The number of aromatic nitrogens is 4. The first-order chi connectivity index (χ1) is 11.8. The Labute approximate surface area is 142 Å². The van der Waals surface area contributed by atoms with E-state index in [9.17, 15) is 4.57 Å². The van der Waals surface area contributed by atoms with Crippen molar-refractivity contribution in [3.63, 3.8) is 0 Å². The second-order valence-electron chi connectivity index (χ2n) is 5.37. The van der Waals surface area contributed by atoms with Crippen molar-refractivity contribution in [2.75, 3.05) is 16.8 Å². The Balaban J connectivity index is 1.71. The van der Waals surface area contributed by atoms with E-state index in [1.54, 1.807) is 30.5 Å². The molecule has 0 radical (unpaired) electrons. The zero-order valence-corrected chi connectivity index (χ0v) is 13.9. The van der Waals surface area contributed by atoms with Crippen LogP contribution in [0.5, 0.6) is 0 Å². The van der Waals surface area contributed by atoms with Gasteiger partial charge in [-0.25, -0.2) is 9.97 Å². The molecule has 0 spiro atoms. The molecule has 0 saturated carbocycles. The molecule has 25 heavy (non-hydrogen) atoms. The van der Waals surface area contributed by atoms with Crippen molar-refractivity contribution < 1.29 is 14.4 Å². The number of hydrogen-bond donors (Lipinski definition) is 5. The lowest BCUT2D eigenvalue weighted by molar-refractivity contribution is 0.371. The maximum atomic E-state index is 11.0. The van der Waals surface area contributed by atoms with Gasteiger partial charge in [0, 0.05) is 5.69 Å². The van der Waals surface area contributed by atoms with Crippen LogP contribution in [-0.4, -0.2) is 29.7 Å². The standard InChI is InChI=1S/C14H16N7O3P/c15-12-11-13(21-14(16)20-12)18-6-10(19-11)5-17-9-3-1-8(2-4-9)7-25(22,23)24/h1-4,6,17H,5,7H2,(H2,22,23,24)(H4,15,16,18,20,21). The SMILES string of the molecule is Nc1nc(N)c2nc(CNc3ccc(CP(=O)(O)O)cc3)cnc2n1. The predicted molar refractivity (Wildman–Crippen MR) is 93.5 cm³/mol. The highest BCUT2D eigenvalue weighted by molar-refractivity contribution is 7.50. The summed E-state index contributed by atoms with van der Waals surface area (Å²) in [6.07, 6.45) is 1.27. The summed E-state index contributed by atoms with van der Waals surface area (Å²) in [5.74, 6) is 0.208. The lowest BCUT2D eigenvalue weighted by Gasteiger charge is -2.09. The van der Waals surface area contributed by atoms with Crippen molar-refractivity contribution in [1.82, 2.24) is 19.9 Å². The Morgan fingerprint density at radius 1 is 1.08 bits per heavy atom. The number of nitrogens with one attached hydrogen (secondary N) is 1. The average molecular weight is 361 g/mol. The molecule has 10 nitrogen and oxygen atoms in total. The topological polar surface area (TPSA) is 173 Å². The number of rotatable bonds is 5. The van der Waals surface area contributed by atoms with Crippen LogP contribution in [0.25, 0.3) is 11.2 Å². The second-order valence-corrected chi connectivity index (χ2v) is 7.02. The maximum Gasteiger partial charge on any atom is 0.329 e. The molecule has 0 unspecified atom stereocenters. The molecule has 0 aliphatic heterocycles. The zero-order valence-electron chi connectivity index (χ0n) is 13.0. The van der Waals surface area contributed by atoms with Gasteiger partial charge in [0.1, 0.15) is 0 Å². The number of hydrogen-bond acceptors (Lipinski definition) is 8. The summed E-state index contributed by atoms with van der Waals surface area (Å²) in [7, 11) is -4.07. The molecular formula is C14H16N7O3P. The van der Waals surface area contributed by atoms with Crippen LogP contribution in [0.15, 0.2) is 30.5 Å². The van der Waals surface area contributed by atoms with Crippen LogP contribution in [0.2, 0.25) is 0 Å². The summed E-state index contributed by atoms with van der Waals surface area (Å²) in [6.45, 7) is 0.380. The average Bonchev–Trinajstić information content (AvgIpc) is 2.53. The van der Waals surface area contributed by atoms with E-state index in [-0.39, 0.29) is 17.9 Å². The summed E-state index contributed by atoms with van der Waals surface area (Å²) in [5, 5.41) is 3.14. The highest BCUT2D eigenvalue weighted by Crippen LogP contribution is 2.39. The molecule has 3 aromatic rings. The van der Waals surface area contributed by atoms with E-state index in [0.717, 1.165) is 5.69 Å². The second kappa shape index (κ2) is 6.60. The Hall–Kier alpha value is -2.81. The predicted octanol–water partition coefficient (Wildman–Crippen LogP) is 0.874. The van der Waals surface area contributed by atoms with E-state index in [2.05, 4.69) is 25.3 Å². The Bertz CT molecular complexity index is 959. The van der Waals surface area contributed by atoms with Crippen LogP contribution in [0.1, 0.15) is 11.3 Å². The summed E-state index contributed by atoms with van der Waals surface area (Å²) in [5.41, 5.74) is 14.0. The molecule has 0 atom stereocenters. The highest BCUT2D eigenvalue weighted by Gasteiger charge is 2.13. The maximum absolute atomic E-state index is 11.0. The van der Waals surface area contributed by atoms with Gasteiger partial charge in [-0.05, 0) is 17.7 Å². The molecule has 0 aliphatic carbocycles. The zero-order chi connectivity index (χ0) is 18.0. The number of nitrogen functional groups attached to an aromatic ring is 2. The number of anilines is 3. The van der Waals surface area contributed by atoms with Gasteiger partial charge in [0.05, 0.1) is 24.6 Å². The molecule has 0 aliphatic rings. The number of fused-ring (bicyclic) bond motifs is 1. The molecule has 130 valence electrons. The van der Waals surface area contributed by atoms with Crippen LogP contribution in [-0.2, 0) is 17.3 Å². The summed E-state index contributed by atoms with van der Waals surface area (Å²) >= 11 is 0. The third-order valence-corrected chi connectivity index (χ3v) is 4.09. The van der Waals surface area contributed by atoms with Crippen molar-refractivity contribution in [3.8, 4) is 0 Å². The first-order valence-electron chi connectivity index (χ1n) is 7.22. The van der Waals surface area contributed by atoms with Gasteiger partial charge in [0.15, 0.2) is 17.0 Å². The van der Waals surface area contributed by atoms with Crippen molar-refractivity contribution in [2.24, 2.45) is 0 Å². The molecule has 11 heteroatoms. The fourth-order valence-corrected chi connectivity index (χ4v) is 2.91. The van der Waals surface area contributed by atoms with Gasteiger partial charge < -0.3 is 26.6 Å². The molecule has 0 fully saturated rings. The van der Waals surface area contributed by atoms with Gasteiger partial charge in [0.2, 0.25) is 5.95 Å². The van der Waals surface area contributed by atoms with Gasteiger partial charge >= 0.3 is 7.60 Å². The van der Waals surface area contributed by atoms with Crippen LogP contribution in [0, 0.1) is 0 Å². The first kappa shape index (κ1) is 17.0. The molecule has 2 heterocycles. The van der Waals surface area contributed by atoms with Gasteiger partial charge in [0.25, 0.3) is 0 Å². The fraction of sp³-hybridized carbons (Fsp3) is 0.143. The van der Waals surface area contributed by atoms with Gasteiger partial charge in [-0.3, -0.25) is 4.57 Å². The largest absolute Gasteiger partial charge is 0.382 e. The molecular weight excluding hydrogens is 345 g/mol. The highest BCUT2D eigenvalue weighted by atomic mass is 31.2. The molecule has 0 bridgehead atoms. The normalized spacial score (nSPS) is 11.6. The van der Waals surface area contributed by atoms with E-state index >= 15 is 0 Å². The minimum atomic E-state index is -4.07. The van der Waals surface area contributed by atoms with Gasteiger partial charge in [-0.2, -0.15) is 9.97 Å². The molecule has 3 rings (SSSR count). The van der Waals surface area contributed by atoms with E-state index in [1.807, 2.05) is 0 Å². The van der Waals surface area contributed by atoms with Crippen molar-refractivity contribution in [2.45, 2.75) is 12.7 Å². The van der Waals surface area contributed by atoms with Gasteiger partial charge in [-0.15, -0.1) is 0 Å². The van der Waals surface area contributed by atoms with E-state index in [4.69, 9.17) is 21.3 Å². The smallest absolute Gasteiger partial charge is 0.329 e. The van der Waals surface area contributed by atoms with E-state index in [0.29, 0.717) is 29.0 Å². The third kappa shape index (κ3) is 4.38. The summed E-state index contributed by atoms with van der Waals surface area (Å²) in [4.78, 5) is 34.3. The Kier molecular flexibility index (Phi) is 4.49. The van der Waals surface area contributed by atoms with Crippen LogP contribution < -0.4 is 16.8 Å². The third-order valence-electron chi connectivity index (χ3n) is 3.32. The Morgan fingerprint density at radius 3 is 2.48 bits per heavy atom. The number of nitrogens with zero attached hydrogens (tertiary/aromatic N) is 4. The van der Waals surface area contributed by atoms with Crippen molar-refractivity contribution in [1.29, 1.82) is 0 Å². The first-order valence-corrected chi connectivity index (χ1v) is 9.02. The Morgan fingerprint density at radius 2 is 1.80 bits per heavy atom. The van der Waals surface area contributed by atoms with Crippen LogP contribution >= 0.6 is 7.60 Å². The van der Waals surface area contributed by atoms with Gasteiger partial charge in [-0.1, -0.05) is 12.1 Å². The van der Waals surface area contributed by atoms with Crippen molar-refractivity contribution >= 4 is 36.2 Å². The van der Waals surface area contributed by atoms with Crippen molar-refractivity contribution in [3.05, 3.63) is 41.7 Å². The summed E-state index contributed by atoms with van der Waals surface area (Å²) in [6, 6.07) is 6.78. The quantitative estimate of drug-likeness (QED) is 0.410. The van der Waals surface area contributed by atoms with E-state index < -0.39 is 7.60 Å². The van der Waals surface area contributed by atoms with E-state index in [1.165, 1.54) is 0 Å². The molecule has 7 N–H and O–H groups in total. The summed E-state index contributed by atoms with van der Waals surface area (Å²) < 4.78 is 11.0. The number of benzene rings is 1. The molecule has 0 amide bonds. The monoisotopic (exact) mass is 361 g/mol. The lowest BCUT2D eigenvalue weighted by atomic mass is 10.2. The van der Waals surface area contributed by atoms with Crippen LogP contribution in [0.4, 0.5) is 17.5 Å². The minimum absolute atomic E-state index is 0.0422. The molecule has 2 aromatic heterocycles. The van der Waals surface area contributed by atoms with Crippen LogP contribution in [0.3, 0.4) is 0 Å². The molecule has 0 saturated heterocycles. The lowest BCUT2D eigenvalue weighted by Crippen LogP contribution is -2.07. The fourth-order valence-electron chi connectivity index (χ4n) is 2.23. The number of nitrogens with two attached hydrogens (primary N) is 2. The molecule has 1 aromatic carbocycles.